The highest BCUT2D eigenvalue weighted by Gasteiger charge is 2.22. The summed E-state index contributed by atoms with van der Waals surface area (Å²) >= 11 is 0. The number of ether oxygens (including phenoxy) is 2. The molecule has 0 atom stereocenters. The summed E-state index contributed by atoms with van der Waals surface area (Å²) in [5, 5.41) is 9.57. The second-order valence-electron chi connectivity index (χ2n) is 4.61. The lowest BCUT2D eigenvalue weighted by molar-refractivity contribution is 0.0690. The number of hydrogen-bond donors (Lipinski definition) is 1. The molecule has 0 spiro atoms. The summed E-state index contributed by atoms with van der Waals surface area (Å²) in [7, 11) is 3.08. The van der Waals surface area contributed by atoms with Crippen molar-refractivity contribution >= 4 is 11.6 Å². The number of aromatic nitrogens is 2. The third kappa shape index (κ3) is 2.14. The van der Waals surface area contributed by atoms with E-state index in [1.54, 1.807) is 49.7 Å². The van der Waals surface area contributed by atoms with Crippen LogP contribution in [0.1, 0.15) is 10.5 Å². The van der Waals surface area contributed by atoms with Gasteiger partial charge in [-0.3, -0.25) is 4.40 Å². The fourth-order valence-electron chi connectivity index (χ4n) is 2.39. The van der Waals surface area contributed by atoms with Crippen molar-refractivity contribution in [3.05, 3.63) is 48.3 Å². The number of carboxylic acid groups (broad SMARTS) is 1. The molecular weight excluding hydrogens is 284 g/mol. The first-order valence-corrected chi connectivity index (χ1v) is 6.58. The van der Waals surface area contributed by atoms with E-state index in [0.29, 0.717) is 28.4 Å². The van der Waals surface area contributed by atoms with E-state index in [0.717, 1.165) is 0 Å². The van der Waals surface area contributed by atoms with Gasteiger partial charge in [-0.2, -0.15) is 0 Å². The first-order valence-electron chi connectivity index (χ1n) is 6.58. The van der Waals surface area contributed by atoms with E-state index in [9.17, 15) is 9.90 Å². The number of pyridine rings is 1. The maximum Gasteiger partial charge on any atom is 0.355 e. The standard InChI is InChI=1S/C16H14N2O4/c1-21-10-6-7-12(22-2)11(9-10)14-15(16(19)20)18-8-4-3-5-13(18)17-14/h3-9H,1-2H3,(H,19,20). The monoisotopic (exact) mass is 298 g/mol. The Morgan fingerprint density at radius 1 is 1.18 bits per heavy atom. The highest BCUT2D eigenvalue weighted by atomic mass is 16.5. The molecule has 0 bridgehead atoms. The fourth-order valence-corrected chi connectivity index (χ4v) is 2.39. The molecule has 0 saturated heterocycles. The van der Waals surface area contributed by atoms with Gasteiger partial charge >= 0.3 is 5.97 Å². The van der Waals surface area contributed by atoms with Gasteiger partial charge in [-0.1, -0.05) is 6.07 Å². The topological polar surface area (TPSA) is 73.1 Å². The molecule has 0 unspecified atom stereocenters. The van der Waals surface area contributed by atoms with Gasteiger partial charge in [-0.25, -0.2) is 9.78 Å². The number of fused-ring (bicyclic) bond motifs is 1. The minimum Gasteiger partial charge on any atom is -0.497 e. The summed E-state index contributed by atoms with van der Waals surface area (Å²) in [5.74, 6) is 0.0782. The van der Waals surface area contributed by atoms with Crippen LogP contribution in [-0.4, -0.2) is 34.7 Å². The highest BCUT2D eigenvalue weighted by molar-refractivity contribution is 5.95. The Hall–Kier alpha value is -3.02. The van der Waals surface area contributed by atoms with E-state index < -0.39 is 5.97 Å². The highest BCUT2D eigenvalue weighted by Crippen LogP contribution is 2.35. The average molecular weight is 298 g/mol. The average Bonchev–Trinajstić information content (AvgIpc) is 2.93. The molecule has 3 rings (SSSR count). The lowest BCUT2D eigenvalue weighted by atomic mass is 10.1. The number of imidazole rings is 1. The zero-order chi connectivity index (χ0) is 15.7. The molecule has 2 heterocycles. The van der Waals surface area contributed by atoms with Gasteiger partial charge in [0.25, 0.3) is 0 Å². The first-order chi connectivity index (χ1) is 10.7. The van der Waals surface area contributed by atoms with Crippen molar-refractivity contribution in [2.24, 2.45) is 0 Å². The number of carboxylic acids is 1. The minimum atomic E-state index is -1.06. The van der Waals surface area contributed by atoms with Crippen LogP contribution in [0, 0.1) is 0 Å². The lowest BCUT2D eigenvalue weighted by Crippen LogP contribution is -2.04. The maximum atomic E-state index is 11.7. The third-order valence-corrected chi connectivity index (χ3v) is 3.39. The van der Waals surface area contributed by atoms with Crippen LogP contribution >= 0.6 is 0 Å². The van der Waals surface area contributed by atoms with E-state index >= 15 is 0 Å². The van der Waals surface area contributed by atoms with Crippen molar-refractivity contribution in [3.8, 4) is 22.8 Å². The molecule has 112 valence electrons. The van der Waals surface area contributed by atoms with Crippen LogP contribution in [0.4, 0.5) is 0 Å². The Balaban J connectivity index is 2.34. The van der Waals surface area contributed by atoms with Crippen LogP contribution < -0.4 is 9.47 Å². The number of hydrogen-bond acceptors (Lipinski definition) is 4. The Morgan fingerprint density at radius 3 is 2.68 bits per heavy atom. The summed E-state index contributed by atoms with van der Waals surface area (Å²) in [6.45, 7) is 0. The van der Waals surface area contributed by atoms with Crippen LogP contribution in [0.5, 0.6) is 11.5 Å². The molecule has 0 aliphatic rings. The molecule has 0 aliphatic carbocycles. The zero-order valence-electron chi connectivity index (χ0n) is 12.1. The summed E-state index contributed by atoms with van der Waals surface area (Å²) < 4.78 is 12.1. The van der Waals surface area contributed by atoms with Crippen molar-refractivity contribution in [1.29, 1.82) is 0 Å². The SMILES string of the molecule is COc1ccc(OC)c(-c2nc3ccccn3c2C(=O)O)c1. The van der Waals surface area contributed by atoms with Crippen LogP contribution in [-0.2, 0) is 0 Å². The van der Waals surface area contributed by atoms with Crippen molar-refractivity contribution < 1.29 is 19.4 Å². The van der Waals surface area contributed by atoms with Gasteiger partial charge in [0.2, 0.25) is 0 Å². The molecule has 0 aliphatic heterocycles. The van der Waals surface area contributed by atoms with E-state index in [1.165, 1.54) is 11.5 Å². The molecular formula is C16H14N2O4. The first kappa shape index (κ1) is 13.9. The lowest BCUT2D eigenvalue weighted by Gasteiger charge is -2.09. The molecule has 22 heavy (non-hydrogen) atoms. The molecule has 0 radical (unpaired) electrons. The second-order valence-corrected chi connectivity index (χ2v) is 4.61. The van der Waals surface area contributed by atoms with Gasteiger partial charge in [0, 0.05) is 11.8 Å². The third-order valence-electron chi connectivity index (χ3n) is 3.39. The van der Waals surface area contributed by atoms with Crippen LogP contribution in [0.25, 0.3) is 16.9 Å². The van der Waals surface area contributed by atoms with Gasteiger partial charge in [-0.05, 0) is 30.3 Å². The summed E-state index contributed by atoms with van der Waals surface area (Å²) in [6.07, 6.45) is 1.67. The molecule has 1 aromatic carbocycles. The fraction of sp³-hybridized carbons (Fsp3) is 0.125. The van der Waals surface area contributed by atoms with Crippen molar-refractivity contribution in [2.45, 2.75) is 0 Å². The van der Waals surface area contributed by atoms with Gasteiger partial charge in [-0.15, -0.1) is 0 Å². The molecule has 3 aromatic rings. The number of benzene rings is 1. The van der Waals surface area contributed by atoms with Gasteiger partial charge in [0.1, 0.15) is 22.8 Å². The zero-order valence-corrected chi connectivity index (χ0v) is 12.1. The predicted octanol–water partition coefficient (Wildman–Crippen LogP) is 2.72. The van der Waals surface area contributed by atoms with E-state index in [2.05, 4.69) is 4.98 Å². The quantitative estimate of drug-likeness (QED) is 0.801. The van der Waals surface area contributed by atoms with Crippen molar-refractivity contribution in [1.82, 2.24) is 9.38 Å². The molecule has 6 nitrogen and oxygen atoms in total. The molecule has 6 heteroatoms. The smallest absolute Gasteiger partial charge is 0.355 e. The molecule has 0 saturated carbocycles. The Labute approximate surface area is 126 Å². The molecule has 1 N–H and O–H groups in total. The summed E-state index contributed by atoms with van der Waals surface area (Å²) in [5.41, 5.74) is 1.55. The Bertz CT molecular complexity index is 854. The summed E-state index contributed by atoms with van der Waals surface area (Å²) in [6, 6.07) is 10.5. The predicted molar refractivity (Wildman–Crippen MR) is 80.7 cm³/mol. The number of rotatable bonds is 4. The van der Waals surface area contributed by atoms with E-state index in [4.69, 9.17) is 9.47 Å². The maximum absolute atomic E-state index is 11.7. The van der Waals surface area contributed by atoms with Crippen molar-refractivity contribution in [3.63, 3.8) is 0 Å². The Morgan fingerprint density at radius 2 is 2.00 bits per heavy atom. The van der Waals surface area contributed by atoms with E-state index in [1.807, 2.05) is 0 Å². The normalized spacial score (nSPS) is 10.6. The van der Waals surface area contributed by atoms with E-state index in [-0.39, 0.29) is 5.69 Å². The molecule has 0 amide bonds. The van der Waals surface area contributed by atoms with Gasteiger partial charge < -0.3 is 14.6 Å². The molecule has 0 fully saturated rings. The number of carbonyl (C=O) groups is 1. The number of methoxy groups -OCH3 is 2. The van der Waals surface area contributed by atoms with Gasteiger partial charge in [0.05, 0.1) is 14.2 Å². The number of nitrogens with zero attached hydrogens (tertiary/aromatic N) is 2. The van der Waals surface area contributed by atoms with Crippen LogP contribution in [0.15, 0.2) is 42.6 Å². The van der Waals surface area contributed by atoms with Crippen molar-refractivity contribution in [2.75, 3.05) is 14.2 Å². The summed E-state index contributed by atoms with van der Waals surface area (Å²) in [4.78, 5) is 16.1. The Kier molecular flexibility index (Phi) is 3.42. The molecule has 2 aromatic heterocycles. The minimum absolute atomic E-state index is 0.0853. The van der Waals surface area contributed by atoms with Crippen LogP contribution in [0.2, 0.25) is 0 Å². The second kappa shape index (κ2) is 5.40. The van der Waals surface area contributed by atoms with Gasteiger partial charge in [0.15, 0.2) is 5.69 Å². The largest absolute Gasteiger partial charge is 0.497 e. The van der Waals surface area contributed by atoms with Crippen LogP contribution in [0.3, 0.4) is 0 Å². The number of aromatic carboxylic acids is 1.